The molecule has 3 aromatic carbocycles. The Hall–Kier alpha value is -3.61. The highest BCUT2D eigenvalue weighted by Gasteiger charge is 2.31. The Kier molecular flexibility index (Phi) is 6.82. The SMILES string of the molecule is CC1=C(c2cccc3c2cnn3C2CCCCO2)C(c2ccc(C)cc2)Oc2ccc(OC3CCCCO3)cc21. The first kappa shape index (κ1) is 25.4. The van der Waals surface area contributed by atoms with Crippen LogP contribution in [0.3, 0.4) is 0 Å². The lowest BCUT2D eigenvalue weighted by molar-refractivity contribution is -0.105. The summed E-state index contributed by atoms with van der Waals surface area (Å²) in [6.45, 7) is 5.85. The summed E-state index contributed by atoms with van der Waals surface area (Å²) >= 11 is 0. The van der Waals surface area contributed by atoms with Gasteiger partial charge in [0.05, 0.1) is 18.3 Å². The van der Waals surface area contributed by atoms with Crippen molar-refractivity contribution in [2.75, 3.05) is 13.2 Å². The van der Waals surface area contributed by atoms with Crippen LogP contribution in [0.1, 0.15) is 80.0 Å². The predicted molar refractivity (Wildman–Crippen MR) is 156 cm³/mol. The highest BCUT2D eigenvalue weighted by molar-refractivity contribution is 6.03. The lowest BCUT2D eigenvalue weighted by Gasteiger charge is -2.32. The first-order valence-corrected chi connectivity index (χ1v) is 14.6. The first-order valence-electron chi connectivity index (χ1n) is 14.6. The van der Waals surface area contributed by atoms with Gasteiger partial charge in [0.25, 0.3) is 0 Å². The van der Waals surface area contributed by atoms with Crippen molar-refractivity contribution in [2.24, 2.45) is 0 Å². The van der Waals surface area contributed by atoms with Crippen molar-refractivity contribution < 1.29 is 18.9 Å². The Labute approximate surface area is 235 Å². The van der Waals surface area contributed by atoms with E-state index in [0.717, 1.165) is 96.4 Å². The lowest BCUT2D eigenvalue weighted by Crippen LogP contribution is -2.25. The fourth-order valence-electron chi connectivity index (χ4n) is 6.23. The van der Waals surface area contributed by atoms with Gasteiger partial charge in [-0.25, -0.2) is 4.68 Å². The second-order valence-electron chi connectivity index (χ2n) is 11.2. The second kappa shape index (κ2) is 10.8. The largest absolute Gasteiger partial charge is 0.480 e. The van der Waals surface area contributed by atoms with Gasteiger partial charge < -0.3 is 18.9 Å². The highest BCUT2D eigenvalue weighted by Crippen LogP contribution is 2.49. The van der Waals surface area contributed by atoms with Crippen LogP contribution in [0.25, 0.3) is 22.0 Å². The maximum absolute atomic E-state index is 6.82. The zero-order chi connectivity index (χ0) is 27.1. The van der Waals surface area contributed by atoms with E-state index in [0.29, 0.717) is 0 Å². The van der Waals surface area contributed by atoms with Crippen LogP contribution in [0.15, 0.2) is 66.9 Å². The zero-order valence-electron chi connectivity index (χ0n) is 23.3. The van der Waals surface area contributed by atoms with E-state index in [-0.39, 0.29) is 18.6 Å². The summed E-state index contributed by atoms with van der Waals surface area (Å²) in [5, 5.41) is 5.94. The Morgan fingerprint density at radius 3 is 2.45 bits per heavy atom. The van der Waals surface area contributed by atoms with Gasteiger partial charge >= 0.3 is 0 Å². The molecule has 7 rings (SSSR count). The van der Waals surface area contributed by atoms with Crippen LogP contribution in [-0.2, 0) is 9.47 Å². The van der Waals surface area contributed by atoms with Crippen LogP contribution in [0, 0.1) is 6.92 Å². The molecule has 3 aliphatic heterocycles. The molecule has 6 heteroatoms. The maximum atomic E-state index is 6.82. The van der Waals surface area contributed by atoms with Gasteiger partial charge in [0.2, 0.25) is 0 Å². The standard InChI is InChI=1S/C34H36N2O4/c1-22-12-14-24(15-13-22)34-33(26-8-7-9-29-28(26)21-35-36(29)31-10-3-5-18-37-31)23(2)27-20-25(16-17-30(27)40-34)39-32-11-4-6-19-38-32/h7-9,12-17,20-21,31-32,34H,3-6,10-11,18-19H2,1-2H3. The molecule has 2 fully saturated rings. The molecular formula is C34H36N2O4. The molecule has 3 atom stereocenters. The number of allylic oxidation sites excluding steroid dienone is 1. The molecule has 0 bridgehead atoms. The van der Waals surface area contributed by atoms with Gasteiger partial charge in [0.1, 0.15) is 17.6 Å². The van der Waals surface area contributed by atoms with Gasteiger partial charge in [0.15, 0.2) is 12.5 Å². The molecule has 0 amide bonds. The summed E-state index contributed by atoms with van der Waals surface area (Å²) in [5.74, 6) is 1.67. The number of benzene rings is 3. The molecule has 6 nitrogen and oxygen atoms in total. The Bertz CT molecular complexity index is 1540. The molecule has 3 unspecified atom stereocenters. The number of aryl methyl sites for hydroxylation is 1. The number of ether oxygens (including phenoxy) is 4. The van der Waals surface area contributed by atoms with Crippen LogP contribution in [0.2, 0.25) is 0 Å². The van der Waals surface area contributed by atoms with E-state index in [4.69, 9.17) is 24.0 Å². The predicted octanol–water partition coefficient (Wildman–Crippen LogP) is 8.01. The van der Waals surface area contributed by atoms with Crippen molar-refractivity contribution in [3.05, 3.63) is 89.1 Å². The molecule has 0 N–H and O–H groups in total. The third-order valence-electron chi connectivity index (χ3n) is 8.41. The molecular weight excluding hydrogens is 500 g/mol. The van der Waals surface area contributed by atoms with E-state index in [1.165, 1.54) is 11.1 Å². The minimum absolute atomic E-state index is 0.0190. The van der Waals surface area contributed by atoms with Crippen molar-refractivity contribution in [1.82, 2.24) is 9.78 Å². The molecule has 1 aromatic heterocycles. The normalized spacial score (nSPS) is 23.1. The third-order valence-corrected chi connectivity index (χ3v) is 8.41. The van der Waals surface area contributed by atoms with Crippen LogP contribution in [-0.4, -0.2) is 29.3 Å². The van der Waals surface area contributed by atoms with Gasteiger partial charge in [-0.2, -0.15) is 5.10 Å². The average Bonchev–Trinajstić information content (AvgIpc) is 3.44. The first-order chi connectivity index (χ1) is 19.7. The van der Waals surface area contributed by atoms with Crippen molar-refractivity contribution in [3.8, 4) is 11.5 Å². The molecule has 4 aromatic rings. The highest BCUT2D eigenvalue weighted by atomic mass is 16.7. The Morgan fingerprint density at radius 1 is 0.850 bits per heavy atom. The molecule has 0 radical (unpaired) electrons. The smallest absolute Gasteiger partial charge is 0.199 e. The summed E-state index contributed by atoms with van der Waals surface area (Å²) in [6, 6.07) is 21.3. The fraction of sp³-hybridized carbons (Fsp3) is 0.382. The molecule has 206 valence electrons. The molecule has 40 heavy (non-hydrogen) atoms. The molecule has 0 saturated carbocycles. The third kappa shape index (κ3) is 4.69. The van der Waals surface area contributed by atoms with Crippen LogP contribution >= 0.6 is 0 Å². The summed E-state index contributed by atoms with van der Waals surface area (Å²) < 4.78 is 27.1. The molecule has 3 aliphatic rings. The van der Waals surface area contributed by atoms with E-state index in [1.807, 2.05) is 18.3 Å². The molecule has 2 saturated heterocycles. The fourth-order valence-corrected chi connectivity index (χ4v) is 6.23. The number of fused-ring (bicyclic) bond motifs is 2. The maximum Gasteiger partial charge on any atom is 0.199 e. The minimum Gasteiger partial charge on any atom is -0.480 e. The monoisotopic (exact) mass is 536 g/mol. The van der Waals surface area contributed by atoms with Crippen molar-refractivity contribution in [3.63, 3.8) is 0 Å². The molecule has 4 heterocycles. The van der Waals surface area contributed by atoms with Gasteiger partial charge in [-0.05, 0) is 86.9 Å². The van der Waals surface area contributed by atoms with E-state index in [9.17, 15) is 0 Å². The summed E-state index contributed by atoms with van der Waals surface area (Å²) in [4.78, 5) is 0. The average molecular weight is 537 g/mol. The topological polar surface area (TPSA) is 54.7 Å². The van der Waals surface area contributed by atoms with E-state index < -0.39 is 0 Å². The van der Waals surface area contributed by atoms with Crippen LogP contribution in [0.5, 0.6) is 11.5 Å². The Morgan fingerprint density at radius 2 is 1.68 bits per heavy atom. The van der Waals surface area contributed by atoms with Gasteiger partial charge in [-0.15, -0.1) is 0 Å². The number of hydrogen-bond acceptors (Lipinski definition) is 5. The van der Waals surface area contributed by atoms with Crippen LogP contribution in [0.4, 0.5) is 0 Å². The lowest BCUT2D eigenvalue weighted by atomic mass is 9.85. The van der Waals surface area contributed by atoms with Crippen molar-refractivity contribution in [2.45, 2.75) is 71.0 Å². The molecule has 0 spiro atoms. The number of nitrogens with zero attached hydrogens (tertiary/aromatic N) is 2. The molecule has 0 aliphatic carbocycles. The quantitative estimate of drug-likeness (QED) is 0.259. The number of hydrogen-bond donors (Lipinski definition) is 0. The summed E-state index contributed by atoms with van der Waals surface area (Å²) in [6.07, 6.45) is 7.93. The summed E-state index contributed by atoms with van der Waals surface area (Å²) in [7, 11) is 0. The second-order valence-corrected chi connectivity index (χ2v) is 11.2. The van der Waals surface area contributed by atoms with Gasteiger partial charge in [-0.3, -0.25) is 0 Å². The van der Waals surface area contributed by atoms with E-state index >= 15 is 0 Å². The summed E-state index contributed by atoms with van der Waals surface area (Å²) in [5.41, 5.74) is 7.95. The number of rotatable bonds is 5. The van der Waals surface area contributed by atoms with E-state index in [2.05, 4.69) is 67.1 Å². The van der Waals surface area contributed by atoms with E-state index in [1.54, 1.807) is 0 Å². The Balaban J connectivity index is 1.35. The van der Waals surface area contributed by atoms with Crippen LogP contribution < -0.4 is 9.47 Å². The minimum atomic E-state index is -0.249. The van der Waals surface area contributed by atoms with Crippen molar-refractivity contribution in [1.29, 1.82) is 0 Å². The number of aromatic nitrogens is 2. The zero-order valence-corrected chi connectivity index (χ0v) is 23.3. The van der Waals surface area contributed by atoms with Gasteiger partial charge in [-0.1, -0.05) is 42.0 Å². The van der Waals surface area contributed by atoms with Crippen molar-refractivity contribution >= 4 is 22.0 Å². The van der Waals surface area contributed by atoms with Gasteiger partial charge in [0, 0.05) is 29.6 Å².